The van der Waals surface area contributed by atoms with Gasteiger partial charge in [0.1, 0.15) is 10.1 Å². The van der Waals surface area contributed by atoms with Crippen molar-refractivity contribution in [1.29, 1.82) is 0 Å². The van der Waals surface area contributed by atoms with E-state index < -0.39 is 0 Å². The smallest absolute Gasteiger partial charge is 0.266 e. The van der Waals surface area contributed by atoms with Crippen molar-refractivity contribution >= 4 is 68.8 Å². The van der Waals surface area contributed by atoms with Gasteiger partial charge in [0.2, 0.25) is 0 Å². The normalized spacial score (nSPS) is 19.0. The molecule has 0 unspecified atom stereocenters. The number of hydrogen-bond donors (Lipinski definition) is 0. The van der Waals surface area contributed by atoms with Crippen LogP contribution in [0.2, 0.25) is 10.0 Å². The van der Waals surface area contributed by atoms with Crippen LogP contribution >= 0.6 is 47.2 Å². The second-order valence-electron chi connectivity index (χ2n) is 7.15. The van der Waals surface area contributed by atoms with Crippen molar-refractivity contribution in [2.45, 2.75) is 27.7 Å². The maximum absolute atomic E-state index is 12.6. The number of rotatable bonds is 8. The number of likely N-dealkylation sites (N-methyl/N-ethyl adjacent to an activating group) is 2. The SMILES string of the molecule is CCN(CC)CCN1/C(=C\C=C2/SC(=S)N(CC)C2=O)N(CC)c2cc(Cl)c(Cl)cc21. The lowest BCUT2D eigenvalue weighted by molar-refractivity contribution is -0.122. The number of carbonyl (C=O) groups is 1. The van der Waals surface area contributed by atoms with E-state index in [1.165, 1.54) is 11.8 Å². The van der Waals surface area contributed by atoms with E-state index in [0.717, 1.165) is 49.9 Å². The second-order valence-corrected chi connectivity index (χ2v) is 9.64. The molecule has 2 aliphatic heterocycles. The molecule has 2 heterocycles. The summed E-state index contributed by atoms with van der Waals surface area (Å²) < 4.78 is 0.608. The Hall–Kier alpha value is -1.25. The van der Waals surface area contributed by atoms with Gasteiger partial charge in [-0.1, -0.05) is 61.0 Å². The van der Waals surface area contributed by atoms with Crippen molar-refractivity contribution in [3.05, 3.63) is 45.1 Å². The van der Waals surface area contributed by atoms with Gasteiger partial charge in [0.05, 0.1) is 26.3 Å². The molecule has 3 rings (SSSR count). The molecule has 0 aliphatic carbocycles. The monoisotopic (exact) mass is 498 g/mol. The van der Waals surface area contributed by atoms with Crippen LogP contribution in [0.3, 0.4) is 0 Å². The van der Waals surface area contributed by atoms with Crippen molar-refractivity contribution in [2.75, 3.05) is 49.1 Å². The zero-order valence-electron chi connectivity index (χ0n) is 18.3. The zero-order valence-corrected chi connectivity index (χ0v) is 21.5. The lowest BCUT2D eigenvalue weighted by Gasteiger charge is -2.27. The molecule has 168 valence electrons. The minimum atomic E-state index is -0.0336. The van der Waals surface area contributed by atoms with Crippen LogP contribution in [-0.2, 0) is 4.79 Å². The van der Waals surface area contributed by atoms with E-state index in [1.54, 1.807) is 4.90 Å². The Kier molecular flexibility index (Phi) is 8.32. The number of nitrogens with zero attached hydrogens (tertiary/aromatic N) is 4. The summed E-state index contributed by atoms with van der Waals surface area (Å²) in [4.78, 5) is 21.8. The van der Waals surface area contributed by atoms with E-state index in [9.17, 15) is 4.79 Å². The van der Waals surface area contributed by atoms with Crippen molar-refractivity contribution in [2.24, 2.45) is 0 Å². The van der Waals surface area contributed by atoms with Gasteiger partial charge >= 0.3 is 0 Å². The standard InChI is InChI=1S/C22H28Cl2N4OS2/c1-5-25(6-2)11-12-28-18-14-16(24)15(23)13-17(18)26(7-3)20(28)10-9-19-21(29)27(8-4)22(30)31-19/h9-10,13-14H,5-8,11-12H2,1-4H3/b19-9-,20-10-. The van der Waals surface area contributed by atoms with Gasteiger partial charge in [-0.15, -0.1) is 0 Å². The van der Waals surface area contributed by atoms with Crippen LogP contribution in [0.4, 0.5) is 11.4 Å². The van der Waals surface area contributed by atoms with Gasteiger partial charge in [0, 0.05) is 26.2 Å². The topological polar surface area (TPSA) is 30.0 Å². The van der Waals surface area contributed by atoms with Gasteiger partial charge in [0.15, 0.2) is 0 Å². The highest BCUT2D eigenvalue weighted by molar-refractivity contribution is 8.26. The molecule has 1 saturated heterocycles. The van der Waals surface area contributed by atoms with Crippen LogP contribution in [0, 0.1) is 0 Å². The third kappa shape index (κ3) is 4.91. The van der Waals surface area contributed by atoms with Crippen molar-refractivity contribution in [1.82, 2.24) is 9.80 Å². The van der Waals surface area contributed by atoms with E-state index in [2.05, 4.69) is 35.5 Å². The predicted molar refractivity (Wildman–Crippen MR) is 138 cm³/mol. The van der Waals surface area contributed by atoms with E-state index in [-0.39, 0.29) is 5.91 Å². The molecule has 1 amide bonds. The van der Waals surface area contributed by atoms with Crippen LogP contribution < -0.4 is 9.80 Å². The van der Waals surface area contributed by atoms with E-state index >= 15 is 0 Å². The van der Waals surface area contributed by atoms with Crippen LogP contribution in [0.15, 0.2) is 35.0 Å². The number of allylic oxidation sites excluding steroid dienone is 2. The number of anilines is 2. The molecule has 5 nitrogen and oxygen atoms in total. The third-order valence-electron chi connectivity index (χ3n) is 5.58. The number of hydrogen-bond acceptors (Lipinski definition) is 6. The first-order valence-corrected chi connectivity index (χ1v) is 12.6. The average molecular weight is 500 g/mol. The van der Waals surface area contributed by atoms with E-state index in [1.807, 2.05) is 31.2 Å². The summed E-state index contributed by atoms with van der Waals surface area (Å²) >= 11 is 19.4. The van der Waals surface area contributed by atoms with Crippen LogP contribution in [0.5, 0.6) is 0 Å². The molecule has 0 saturated carbocycles. The number of carbonyl (C=O) groups excluding carboxylic acids is 1. The molecule has 1 aromatic carbocycles. The second kappa shape index (κ2) is 10.6. The summed E-state index contributed by atoms with van der Waals surface area (Å²) in [7, 11) is 0. The first-order chi connectivity index (χ1) is 14.9. The van der Waals surface area contributed by atoms with Gasteiger partial charge in [-0.3, -0.25) is 9.69 Å². The molecule has 9 heteroatoms. The first kappa shape index (κ1) is 24.4. The molecule has 0 aromatic heterocycles. The minimum absolute atomic E-state index is 0.0336. The largest absolute Gasteiger partial charge is 0.326 e. The fraction of sp³-hybridized carbons (Fsp3) is 0.455. The van der Waals surface area contributed by atoms with Gasteiger partial charge in [-0.25, -0.2) is 0 Å². The Bertz CT molecular complexity index is 930. The van der Waals surface area contributed by atoms with E-state index in [4.69, 9.17) is 35.4 Å². The molecule has 0 N–H and O–H groups in total. The number of benzene rings is 1. The van der Waals surface area contributed by atoms with Gasteiger partial charge in [0.25, 0.3) is 5.91 Å². The van der Waals surface area contributed by atoms with Crippen LogP contribution in [-0.4, -0.2) is 59.3 Å². The molecule has 0 radical (unpaired) electrons. The minimum Gasteiger partial charge on any atom is -0.326 e. The Morgan fingerprint density at radius 1 is 0.968 bits per heavy atom. The number of thioether (sulfide) groups is 1. The molecular formula is C22H28Cl2N4OS2. The summed E-state index contributed by atoms with van der Waals surface area (Å²) in [5, 5.41) is 1.07. The maximum Gasteiger partial charge on any atom is 0.266 e. The fourth-order valence-electron chi connectivity index (χ4n) is 3.82. The van der Waals surface area contributed by atoms with Gasteiger partial charge < -0.3 is 14.7 Å². The molecule has 0 spiro atoms. The summed E-state index contributed by atoms with van der Waals surface area (Å²) in [6.07, 6.45) is 3.89. The number of amides is 1. The molecule has 1 fully saturated rings. The Morgan fingerprint density at radius 3 is 2.06 bits per heavy atom. The van der Waals surface area contributed by atoms with E-state index in [0.29, 0.717) is 25.8 Å². The summed E-state index contributed by atoms with van der Waals surface area (Å²) in [5.41, 5.74) is 2.06. The number of fused-ring (bicyclic) bond motifs is 1. The average Bonchev–Trinajstić information content (AvgIpc) is 3.19. The maximum atomic E-state index is 12.6. The van der Waals surface area contributed by atoms with Gasteiger partial charge in [-0.05, 0) is 51.2 Å². The third-order valence-corrected chi connectivity index (χ3v) is 7.69. The summed E-state index contributed by atoms with van der Waals surface area (Å²) in [6.45, 7) is 13.4. The van der Waals surface area contributed by atoms with Crippen LogP contribution in [0.25, 0.3) is 0 Å². The van der Waals surface area contributed by atoms with Crippen molar-refractivity contribution in [3.63, 3.8) is 0 Å². The molecular weight excluding hydrogens is 471 g/mol. The lowest BCUT2D eigenvalue weighted by Crippen LogP contribution is -2.36. The Morgan fingerprint density at radius 2 is 1.55 bits per heavy atom. The highest BCUT2D eigenvalue weighted by Gasteiger charge is 2.33. The number of thiocarbonyl (C=S) groups is 1. The highest BCUT2D eigenvalue weighted by atomic mass is 35.5. The Labute approximate surface area is 204 Å². The van der Waals surface area contributed by atoms with Gasteiger partial charge in [-0.2, -0.15) is 0 Å². The number of halogens is 2. The molecule has 2 aliphatic rings. The quantitative estimate of drug-likeness (QED) is 0.343. The molecule has 31 heavy (non-hydrogen) atoms. The van der Waals surface area contributed by atoms with Crippen LogP contribution in [0.1, 0.15) is 27.7 Å². The van der Waals surface area contributed by atoms with Crippen molar-refractivity contribution in [3.8, 4) is 0 Å². The molecule has 0 atom stereocenters. The summed E-state index contributed by atoms with van der Waals surface area (Å²) in [6, 6.07) is 3.85. The van der Waals surface area contributed by atoms with Crippen molar-refractivity contribution < 1.29 is 4.79 Å². The lowest BCUT2D eigenvalue weighted by atomic mass is 10.2. The summed E-state index contributed by atoms with van der Waals surface area (Å²) in [5.74, 6) is 0.971. The molecule has 0 bridgehead atoms. The Balaban J connectivity index is 2.01. The first-order valence-electron chi connectivity index (χ1n) is 10.6. The highest BCUT2D eigenvalue weighted by Crippen LogP contribution is 2.45. The fourth-order valence-corrected chi connectivity index (χ4v) is 5.46. The molecule has 1 aromatic rings. The predicted octanol–water partition coefficient (Wildman–Crippen LogP) is 5.59. The zero-order chi connectivity index (χ0) is 22.7.